The van der Waals surface area contributed by atoms with Crippen molar-refractivity contribution in [2.24, 2.45) is 5.92 Å². The second-order valence-corrected chi connectivity index (χ2v) is 5.37. The van der Waals surface area contributed by atoms with Crippen molar-refractivity contribution in [2.45, 2.75) is 59.9 Å². The van der Waals surface area contributed by atoms with Crippen LogP contribution in [0.5, 0.6) is 0 Å². The molecule has 0 saturated carbocycles. The van der Waals surface area contributed by atoms with E-state index in [1.165, 1.54) is 0 Å². The van der Waals surface area contributed by atoms with Crippen molar-refractivity contribution in [1.29, 1.82) is 0 Å². The van der Waals surface area contributed by atoms with Crippen LogP contribution >= 0.6 is 0 Å². The van der Waals surface area contributed by atoms with Gasteiger partial charge < -0.3 is 5.32 Å². The lowest BCUT2D eigenvalue weighted by Crippen LogP contribution is -2.29. The van der Waals surface area contributed by atoms with Crippen LogP contribution in [0.25, 0.3) is 0 Å². The third-order valence-corrected chi connectivity index (χ3v) is 3.38. The predicted molar refractivity (Wildman–Crippen MR) is 79.5 cm³/mol. The Morgan fingerprint density at radius 3 is 2.50 bits per heavy atom. The molecule has 0 aliphatic heterocycles. The number of H-pyrrole nitrogens is 1. The van der Waals surface area contributed by atoms with E-state index in [1.54, 1.807) is 0 Å². The van der Waals surface area contributed by atoms with Crippen LogP contribution in [0, 0.1) is 5.92 Å². The molecule has 112 valence electrons. The van der Waals surface area contributed by atoms with Gasteiger partial charge in [0.05, 0.1) is 5.69 Å². The Morgan fingerprint density at radius 2 is 1.95 bits per heavy atom. The maximum Gasteiger partial charge on any atom is 0.269 e. The van der Waals surface area contributed by atoms with E-state index in [0.717, 1.165) is 30.5 Å². The minimum Gasteiger partial charge on any atom is -0.352 e. The second kappa shape index (κ2) is 7.82. The summed E-state index contributed by atoms with van der Waals surface area (Å²) in [7, 11) is 0. The summed E-state index contributed by atoms with van der Waals surface area (Å²) in [5.41, 5.74) is 2.29. The third-order valence-electron chi connectivity index (χ3n) is 3.38. The zero-order valence-corrected chi connectivity index (χ0v) is 12.9. The molecule has 5 nitrogen and oxygen atoms in total. The smallest absolute Gasteiger partial charge is 0.269 e. The van der Waals surface area contributed by atoms with Gasteiger partial charge in [-0.25, -0.2) is 5.10 Å². The Hall–Kier alpha value is -1.65. The first-order valence-corrected chi connectivity index (χ1v) is 7.35. The maximum atomic E-state index is 11.9. The van der Waals surface area contributed by atoms with Crippen LogP contribution in [-0.4, -0.2) is 16.1 Å². The minimum absolute atomic E-state index is 0.00462. The Labute approximate surface area is 120 Å². The van der Waals surface area contributed by atoms with Crippen LogP contribution in [-0.2, 0) is 24.2 Å². The maximum absolute atomic E-state index is 11.9. The molecular weight excluding hydrogens is 254 g/mol. The molecule has 1 amide bonds. The Kier molecular flexibility index (Phi) is 6.42. The van der Waals surface area contributed by atoms with E-state index in [-0.39, 0.29) is 18.0 Å². The molecule has 0 spiro atoms. The number of nitrogens with zero attached hydrogens (tertiary/aromatic N) is 1. The Balaban J connectivity index is 2.77. The number of hydrogen-bond acceptors (Lipinski definition) is 3. The number of carbonyl (C=O) groups is 1. The molecule has 1 aromatic heterocycles. The number of aromatic nitrogens is 2. The molecule has 2 N–H and O–H groups in total. The summed E-state index contributed by atoms with van der Waals surface area (Å²) in [5, 5.41) is 9.41. The van der Waals surface area contributed by atoms with E-state index in [9.17, 15) is 9.59 Å². The summed E-state index contributed by atoms with van der Waals surface area (Å²) in [6.07, 6.45) is 2.88. The van der Waals surface area contributed by atoms with Gasteiger partial charge >= 0.3 is 0 Å². The number of carbonyl (C=O) groups excluding carboxylic acids is 1. The fourth-order valence-electron chi connectivity index (χ4n) is 2.16. The van der Waals surface area contributed by atoms with Crippen LogP contribution in [0.3, 0.4) is 0 Å². The minimum atomic E-state index is -0.205. The normalized spacial score (nSPS) is 10.8. The van der Waals surface area contributed by atoms with Gasteiger partial charge in [-0.1, -0.05) is 27.7 Å². The highest BCUT2D eigenvalue weighted by atomic mass is 16.1. The molecule has 1 aromatic rings. The number of rotatable bonds is 7. The first-order valence-electron chi connectivity index (χ1n) is 7.35. The van der Waals surface area contributed by atoms with Crippen molar-refractivity contribution in [1.82, 2.24) is 15.5 Å². The fourth-order valence-corrected chi connectivity index (χ4v) is 2.16. The molecule has 0 bridgehead atoms. The van der Waals surface area contributed by atoms with Crippen LogP contribution in [0.15, 0.2) is 4.79 Å². The highest BCUT2D eigenvalue weighted by molar-refractivity contribution is 5.75. The van der Waals surface area contributed by atoms with E-state index < -0.39 is 0 Å². The lowest BCUT2D eigenvalue weighted by Gasteiger charge is -2.11. The summed E-state index contributed by atoms with van der Waals surface area (Å²) < 4.78 is 0. The number of nitrogens with one attached hydrogen (secondary N) is 2. The lowest BCUT2D eigenvalue weighted by atomic mass is 10.0. The molecule has 0 atom stereocenters. The van der Waals surface area contributed by atoms with Crippen molar-refractivity contribution >= 4 is 5.91 Å². The quantitative estimate of drug-likeness (QED) is 0.801. The van der Waals surface area contributed by atoms with Crippen molar-refractivity contribution < 1.29 is 4.79 Å². The van der Waals surface area contributed by atoms with Crippen molar-refractivity contribution in [2.75, 3.05) is 0 Å². The van der Waals surface area contributed by atoms with E-state index in [4.69, 9.17) is 0 Å². The number of amides is 1. The summed E-state index contributed by atoms with van der Waals surface area (Å²) >= 11 is 0. The largest absolute Gasteiger partial charge is 0.352 e. The molecule has 1 rings (SSSR count). The predicted octanol–water partition coefficient (Wildman–Crippen LogP) is 1.95. The summed E-state index contributed by atoms with van der Waals surface area (Å²) in [4.78, 5) is 23.6. The molecule has 0 aliphatic carbocycles. The number of aryl methyl sites for hydroxylation is 1. The molecule has 0 saturated heterocycles. The lowest BCUT2D eigenvalue weighted by molar-refractivity contribution is -0.121. The van der Waals surface area contributed by atoms with Crippen molar-refractivity contribution in [3.05, 3.63) is 27.2 Å². The van der Waals surface area contributed by atoms with Gasteiger partial charge in [-0.05, 0) is 30.7 Å². The third kappa shape index (κ3) is 4.47. The molecule has 20 heavy (non-hydrogen) atoms. The van der Waals surface area contributed by atoms with Gasteiger partial charge in [0.1, 0.15) is 0 Å². The molecule has 5 heteroatoms. The van der Waals surface area contributed by atoms with Gasteiger partial charge in [0.2, 0.25) is 5.91 Å². The first kappa shape index (κ1) is 16.4. The van der Waals surface area contributed by atoms with Crippen LogP contribution in [0.2, 0.25) is 0 Å². The SMILES string of the molecule is CCc1n[nH]c(=O)c(CNC(=O)CCC(C)C)c1CC. The zero-order chi connectivity index (χ0) is 15.1. The number of hydrogen-bond donors (Lipinski definition) is 2. The van der Waals surface area contributed by atoms with E-state index in [2.05, 4.69) is 29.4 Å². The van der Waals surface area contributed by atoms with Crippen LogP contribution < -0.4 is 10.9 Å². The van der Waals surface area contributed by atoms with E-state index in [0.29, 0.717) is 17.9 Å². The Morgan fingerprint density at radius 1 is 1.25 bits per heavy atom. The average Bonchev–Trinajstić information content (AvgIpc) is 2.43. The first-order chi connectivity index (χ1) is 9.49. The van der Waals surface area contributed by atoms with Crippen LogP contribution in [0.4, 0.5) is 0 Å². The molecular formula is C15H25N3O2. The van der Waals surface area contributed by atoms with Gasteiger partial charge in [0.25, 0.3) is 5.56 Å². The second-order valence-electron chi connectivity index (χ2n) is 5.37. The molecule has 0 radical (unpaired) electrons. The highest BCUT2D eigenvalue weighted by Crippen LogP contribution is 2.10. The van der Waals surface area contributed by atoms with Crippen molar-refractivity contribution in [3.63, 3.8) is 0 Å². The summed E-state index contributed by atoms with van der Waals surface area (Å²) in [6.45, 7) is 8.46. The van der Waals surface area contributed by atoms with Gasteiger partial charge in [0, 0.05) is 18.5 Å². The zero-order valence-electron chi connectivity index (χ0n) is 12.9. The topological polar surface area (TPSA) is 74.8 Å². The standard InChI is InChI=1S/C15H25N3O2/c1-5-11-12(15(20)18-17-13(11)6-2)9-16-14(19)8-7-10(3)4/h10H,5-9H2,1-4H3,(H,16,19)(H,18,20). The molecule has 0 fully saturated rings. The van der Waals surface area contributed by atoms with Gasteiger partial charge in [-0.15, -0.1) is 0 Å². The van der Waals surface area contributed by atoms with Gasteiger partial charge in [-0.3, -0.25) is 9.59 Å². The Bertz CT molecular complexity index is 506. The highest BCUT2D eigenvalue weighted by Gasteiger charge is 2.12. The van der Waals surface area contributed by atoms with E-state index in [1.807, 2.05) is 13.8 Å². The fraction of sp³-hybridized carbons (Fsp3) is 0.667. The van der Waals surface area contributed by atoms with Gasteiger partial charge in [0.15, 0.2) is 0 Å². The average molecular weight is 279 g/mol. The number of aromatic amines is 1. The van der Waals surface area contributed by atoms with Crippen LogP contribution in [0.1, 0.15) is 57.4 Å². The summed E-state index contributed by atoms with van der Waals surface area (Å²) in [5.74, 6) is 0.498. The van der Waals surface area contributed by atoms with Gasteiger partial charge in [-0.2, -0.15) is 5.10 Å². The molecule has 0 aliphatic rings. The molecule has 0 aromatic carbocycles. The monoisotopic (exact) mass is 279 g/mol. The van der Waals surface area contributed by atoms with Crippen molar-refractivity contribution in [3.8, 4) is 0 Å². The summed E-state index contributed by atoms with van der Waals surface area (Å²) in [6, 6.07) is 0. The molecule has 0 unspecified atom stereocenters. The molecule has 1 heterocycles. The van der Waals surface area contributed by atoms with E-state index >= 15 is 0 Å².